The fourth-order valence-corrected chi connectivity index (χ4v) is 4.83. The number of rotatable bonds is 6. The van der Waals surface area contributed by atoms with Gasteiger partial charge in [0, 0.05) is 25.7 Å². The number of carbonyl (C=O) groups is 1. The molecule has 5 rings (SSSR count). The zero-order chi connectivity index (χ0) is 19.6. The molecule has 3 nitrogen and oxygen atoms in total. The molecule has 3 atom stereocenters. The number of hydrogen-bond donors (Lipinski definition) is 1. The third-order valence-corrected chi connectivity index (χ3v) is 6.36. The van der Waals surface area contributed by atoms with Crippen molar-refractivity contribution in [2.75, 3.05) is 13.1 Å². The average molecular weight is 383 g/mol. The minimum atomic E-state index is -0.251. The number of piperidine rings is 1. The second kappa shape index (κ2) is 7.84. The van der Waals surface area contributed by atoms with Gasteiger partial charge in [0.15, 0.2) is 0 Å². The summed E-state index contributed by atoms with van der Waals surface area (Å²) in [5.41, 5.74) is 3.46. The van der Waals surface area contributed by atoms with E-state index in [0.29, 0.717) is 17.9 Å². The van der Waals surface area contributed by atoms with Gasteiger partial charge in [-0.1, -0.05) is 91.0 Å². The molecule has 29 heavy (non-hydrogen) atoms. The summed E-state index contributed by atoms with van der Waals surface area (Å²) < 4.78 is 0. The van der Waals surface area contributed by atoms with Gasteiger partial charge < -0.3 is 5.32 Å². The molecule has 1 unspecified atom stereocenters. The summed E-state index contributed by atoms with van der Waals surface area (Å²) in [4.78, 5) is 15.8. The zero-order valence-electron chi connectivity index (χ0n) is 16.4. The molecule has 3 aromatic rings. The largest absolute Gasteiger partial charge is 0.352 e. The first-order valence-electron chi connectivity index (χ1n) is 10.5. The van der Waals surface area contributed by atoms with Crippen LogP contribution in [0.3, 0.4) is 0 Å². The van der Waals surface area contributed by atoms with Crippen LogP contribution in [0.5, 0.6) is 0 Å². The molecule has 1 saturated carbocycles. The molecule has 0 radical (unpaired) electrons. The van der Waals surface area contributed by atoms with Crippen molar-refractivity contribution < 1.29 is 4.79 Å². The third kappa shape index (κ3) is 3.83. The first kappa shape index (κ1) is 18.1. The highest BCUT2D eigenvalue weighted by Crippen LogP contribution is 2.46. The van der Waals surface area contributed by atoms with Crippen molar-refractivity contribution >= 4 is 5.91 Å². The van der Waals surface area contributed by atoms with E-state index in [0.717, 1.165) is 30.8 Å². The van der Waals surface area contributed by atoms with Gasteiger partial charge in [-0.25, -0.2) is 0 Å². The highest BCUT2D eigenvalue weighted by atomic mass is 16.2. The molecular formula is C26H26N2O. The van der Waals surface area contributed by atoms with E-state index in [2.05, 4.69) is 40.5 Å². The standard InChI is InChI=1S/C26H26N2O/c29-26(24(20-12-6-2-7-13-20)21-14-8-3-9-15-21)27-25-22-17-28(18-23(22)25)16-19-10-4-1-5-11-19/h1-15,22-25H,16-18H2,(H,27,29)/t22-,23+,25?. The van der Waals surface area contributed by atoms with Crippen LogP contribution in [-0.2, 0) is 11.3 Å². The van der Waals surface area contributed by atoms with Crippen molar-refractivity contribution in [2.24, 2.45) is 11.8 Å². The number of likely N-dealkylation sites (tertiary alicyclic amines) is 1. The lowest BCUT2D eigenvalue weighted by Crippen LogP contribution is -2.37. The smallest absolute Gasteiger partial charge is 0.232 e. The summed E-state index contributed by atoms with van der Waals surface area (Å²) in [7, 11) is 0. The Morgan fingerprint density at radius 3 is 1.79 bits per heavy atom. The first-order valence-corrected chi connectivity index (χ1v) is 10.5. The molecule has 3 heteroatoms. The maximum Gasteiger partial charge on any atom is 0.232 e. The van der Waals surface area contributed by atoms with Crippen LogP contribution in [0.1, 0.15) is 22.6 Å². The average Bonchev–Trinajstić information content (AvgIpc) is 3.19. The van der Waals surface area contributed by atoms with Crippen LogP contribution in [-0.4, -0.2) is 29.9 Å². The zero-order valence-corrected chi connectivity index (χ0v) is 16.4. The summed E-state index contributed by atoms with van der Waals surface area (Å²) in [6.45, 7) is 3.16. The van der Waals surface area contributed by atoms with E-state index in [4.69, 9.17) is 0 Å². The van der Waals surface area contributed by atoms with E-state index in [-0.39, 0.29) is 11.8 Å². The van der Waals surface area contributed by atoms with Crippen LogP contribution in [0.2, 0.25) is 0 Å². The Balaban J connectivity index is 1.24. The number of amides is 1. The minimum absolute atomic E-state index is 0.122. The fraction of sp³-hybridized carbons (Fsp3) is 0.269. The van der Waals surface area contributed by atoms with Crippen LogP contribution in [0.25, 0.3) is 0 Å². The van der Waals surface area contributed by atoms with E-state index in [1.165, 1.54) is 5.56 Å². The highest BCUT2D eigenvalue weighted by molar-refractivity contribution is 5.87. The van der Waals surface area contributed by atoms with Gasteiger partial charge in [-0.15, -0.1) is 0 Å². The van der Waals surface area contributed by atoms with Crippen molar-refractivity contribution in [3.63, 3.8) is 0 Å². The molecule has 0 spiro atoms. The van der Waals surface area contributed by atoms with E-state index in [1.54, 1.807) is 0 Å². The van der Waals surface area contributed by atoms with Gasteiger partial charge in [-0.3, -0.25) is 9.69 Å². The van der Waals surface area contributed by atoms with E-state index in [1.807, 2.05) is 60.7 Å². The lowest BCUT2D eigenvalue weighted by atomic mass is 9.90. The Kier molecular flexibility index (Phi) is 4.91. The predicted octanol–water partition coefficient (Wildman–Crippen LogP) is 4.07. The Morgan fingerprint density at radius 1 is 0.793 bits per heavy atom. The van der Waals surface area contributed by atoms with Crippen molar-refractivity contribution in [1.29, 1.82) is 0 Å². The maximum absolute atomic E-state index is 13.3. The Labute approximate surface area is 172 Å². The molecule has 1 amide bonds. The summed E-state index contributed by atoms with van der Waals surface area (Å²) >= 11 is 0. The van der Waals surface area contributed by atoms with Crippen LogP contribution >= 0.6 is 0 Å². The molecule has 0 aromatic heterocycles. The lowest BCUT2D eigenvalue weighted by molar-refractivity contribution is -0.122. The summed E-state index contributed by atoms with van der Waals surface area (Å²) in [6, 6.07) is 31.2. The van der Waals surface area contributed by atoms with E-state index < -0.39 is 0 Å². The van der Waals surface area contributed by atoms with Gasteiger partial charge in [0.25, 0.3) is 0 Å². The number of benzene rings is 3. The van der Waals surface area contributed by atoms with Gasteiger partial charge >= 0.3 is 0 Å². The SMILES string of the molecule is O=C(NC1[C@H]2CN(Cc3ccccc3)C[C@@H]12)C(c1ccccc1)c1ccccc1. The molecule has 2 aliphatic rings. The maximum atomic E-state index is 13.3. The second-order valence-corrected chi connectivity index (χ2v) is 8.30. The summed E-state index contributed by atoms with van der Waals surface area (Å²) in [5, 5.41) is 3.37. The Morgan fingerprint density at radius 2 is 1.28 bits per heavy atom. The lowest BCUT2D eigenvalue weighted by Gasteiger charge is -2.22. The van der Waals surface area contributed by atoms with Crippen LogP contribution in [0.15, 0.2) is 91.0 Å². The van der Waals surface area contributed by atoms with Crippen molar-refractivity contribution in [3.8, 4) is 0 Å². The number of hydrogen-bond acceptors (Lipinski definition) is 2. The molecule has 1 aliphatic carbocycles. The van der Waals surface area contributed by atoms with Crippen molar-refractivity contribution in [1.82, 2.24) is 10.2 Å². The molecule has 1 N–H and O–H groups in total. The van der Waals surface area contributed by atoms with Crippen LogP contribution in [0, 0.1) is 11.8 Å². The topological polar surface area (TPSA) is 32.3 Å². The third-order valence-electron chi connectivity index (χ3n) is 6.36. The van der Waals surface area contributed by atoms with Crippen LogP contribution in [0.4, 0.5) is 0 Å². The fourth-order valence-electron chi connectivity index (χ4n) is 4.83. The minimum Gasteiger partial charge on any atom is -0.352 e. The van der Waals surface area contributed by atoms with Gasteiger partial charge in [-0.2, -0.15) is 0 Å². The number of nitrogens with one attached hydrogen (secondary N) is 1. The number of carbonyl (C=O) groups excluding carboxylic acids is 1. The van der Waals surface area contributed by atoms with Crippen molar-refractivity contribution in [3.05, 3.63) is 108 Å². The number of nitrogens with zero attached hydrogens (tertiary/aromatic N) is 1. The molecule has 1 heterocycles. The first-order chi connectivity index (χ1) is 14.3. The van der Waals surface area contributed by atoms with Crippen molar-refractivity contribution in [2.45, 2.75) is 18.5 Å². The van der Waals surface area contributed by atoms with Gasteiger partial charge in [0.2, 0.25) is 5.91 Å². The van der Waals surface area contributed by atoms with E-state index >= 15 is 0 Å². The molecule has 1 aliphatic heterocycles. The molecule has 1 saturated heterocycles. The monoisotopic (exact) mass is 382 g/mol. The normalized spacial score (nSPS) is 23.0. The van der Waals surface area contributed by atoms with Gasteiger partial charge in [0.05, 0.1) is 5.92 Å². The van der Waals surface area contributed by atoms with Gasteiger partial charge in [-0.05, 0) is 28.5 Å². The Hall–Kier alpha value is -2.91. The Bertz CT molecular complexity index is 906. The predicted molar refractivity (Wildman–Crippen MR) is 115 cm³/mol. The van der Waals surface area contributed by atoms with Crippen LogP contribution < -0.4 is 5.32 Å². The number of fused-ring (bicyclic) bond motifs is 1. The second-order valence-electron chi connectivity index (χ2n) is 8.30. The van der Waals surface area contributed by atoms with Gasteiger partial charge in [0.1, 0.15) is 0 Å². The summed E-state index contributed by atoms with van der Waals surface area (Å²) in [5.74, 6) is 1.06. The van der Waals surface area contributed by atoms with E-state index in [9.17, 15) is 4.79 Å². The summed E-state index contributed by atoms with van der Waals surface area (Å²) in [6.07, 6.45) is 0. The quantitative estimate of drug-likeness (QED) is 0.697. The molecule has 3 aromatic carbocycles. The highest BCUT2D eigenvalue weighted by Gasteiger charge is 2.56. The molecule has 2 fully saturated rings. The molecule has 0 bridgehead atoms. The molecule has 146 valence electrons. The molecular weight excluding hydrogens is 356 g/mol.